The summed E-state index contributed by atoms with van der Waals surface area (Å²) >= 11 is 5.80. The largest absolute Gasteiger partial charge is 0.395 e. The highest BCUT2D eigenvalue weighted by molar-refractivity contribution is 6.32. The lowest BCUT2D eigenvalue weighted by Gasteiger charge is -2.09. The van der Waals surface area contributed by atoms with Crippen molar-refractivity contribution in [1.82, 2.24) is 9.97 Å². The normalized spacial score (nSPS) is 10.3. The Bertz CT molecular complexity index is 335. The molecule has 4 N–H and O–H groups in total. The zero-order chi connectivity index (χ0) is 11.3. The molecule has 1 heterocycles. The van der Waals surface area contributed by atoms with Crippen LogP contribution < -0.4 is 11.1 Å². The number of hydrogen-bond acceptors (Lipinski definition) is 6. The van der Waals surface area contributed by atoms with Crippen molar-refractivity contribution in [3.63, 3.8) is 0 Å². The van der Waals surface area contributed by atoms with Gasteiger partial charge in [0.25, 0.3) is 0 Å². The fourth-order valence-electron chi connectivity index (χ4n) is 0.988. The van der Waals surface area contributed by atoms with Crippen LogP contribution in [-0.2, 0) is 11.3 Å². The lowest BCUT2D eigenvalue weighted by Crippen LogP contribution is -2.12. The summed E-state index contributed by atoms with van der Waals surface area (Å²) in [5.41, 5.74) is 5.92. The average Bonchev–Trinajstić information content (AvgIpc) is 2.21. The number of ether oxygens (including phenoxy) is 1. The van der Waals surface area contributed by atoms with E-state index in [9.17, 15) is 0 Å². The third-order valence-corrected chi connectivity index (χ3v) is 1.91. The molecule has 0 fully saturated rings. The van der Waals surface area contributed by atoms with Crippen LogP contribution in [0.2, 0.25) is 5.15 Å². The van der Waals surface area contributed by atoms with Crippen LogP contribution in [-0.4, -0.2) is 35.3 Å². The van der Waals surface area contributed by atoms with E-state index in [1.54, 1.807) is 0 Å². The van der Waals surface area contributed by atoms with Gasteiger partial charge in [-0.2, -0.15) is 0 Å². The van der Waals surface area contributed by atoms with E-state index in [0.717, 1.165) is 0 Å². The van der Waals surface area contributed by atoms with Gasteiger partial charge in [-0.1, -0.05) is 11.6 Å². The van der Waals surface area contributed by atoms with Gasteiger partial charge in [-0.3, -0.25) is 0 Å². The predicted molar refractivity (Wildman–Crippen MR) is 57.7 cm³/mol. The fraction of sp³-hybridized carbons (Fsp3) is 0.500. The van der Waals surface area contributed by atoms with Crippen LogP contribution in [0.3, 0.4) is 0 Å². The van der Waals surface area contributed by atoms with Crippen molar-refractivity contribution in [2.75, 3.05) is 31.3 Å². The minimum Gasteiger partial charge on any atom is -0.395 e. The molecule has 0 aliphatic carbocycles. The number of nitrogens with two attached hydrogens (primary N) is 1. The van der Waals surface area contributed by atoms with Gasteiger partial charge in [0, 0.05) is 13.7 Å². The van der Waals surface area contributed by atoms with Gasteiger partial charge in [-0.25, -0.2) is 9.97 Å². The molecule has 84 valence electrons. The van der Waals surface area contributed by atoms with Gasteiger partial charge in [-0.15, -0.1) is 0 Å². The summed E-state index contributed by atoms with van der Waals surface area (Å²) in [6, 6.07) is 0. The van der Waals surface area contributed by atoms with E-state index in [2.05, 4.69) is 15.3 Å². The van der Waals surface area contributed by atoms with E-state index in [4.69, 9.17) is 27.2 Å². The molecule has 0 aliphatic rings. The maximum absolute atomic E-state index is 8.66. The molecule has 0 spiro atoms. The Balaban J connectivity index is 2.91. The maximum atomic E-state index is 8.66. The molecule has 6 nitrogen and oxygen atoms in total. The van der Waals surface area contributed by atoms with Crippen LogP contribution in [0.4, 0.5) is 11.5 Å². The molecule has 0 saturated heterocycles. The van der Waals surface area contributed by atoms with Crippen LogP contribution in [0.15, 0.2) is 0 Å². The first-order valence-corrected chi connectivity index (χ1v) is 4.72. The standard InChI is InChI=1S/C8H13ClN4O2/c1-15-4-5-12-7(9)6(10)8(13-5)11-2-3-14/h14H,2-4,10H2,1H3,(H,11,12,13). The Labute approximate surface area is 92.4 Å². The van der Waals surface area contributed by atoms with Crippen LogP contribution in [0.25, 0.3) is 0 Å². The third-order valence-electron chi connectivity index (χ3n) is 1.62. The molecule has 1 aromatic rings. The van der Waals surface area contributed by atoms with Crippen molar-refractivity contribution >= 4 is 23.1 Å². The molecule has 15 heavy (non-hydrogen) atoms. The van der Waals surface area contributed by atoms with Crippen molar-refractivity contribution in [3.05, 3.63) is 11.0 Å². The number of nitrogen functional groups attached to an aromatic ring is 1. The summed E-state index contributed by atoms with van der Waals surface area (Å²) < 4.78 is 4.88. The second-order valence-corrected chi connectivity index (χ2v) is 3.13. The van der Waals surface area contributed by atoms with Crippen LogP contribution >= 0.6 is 11.6 Å². The molecule has 7 heteroatoms. The Hall–Kier alpha value is -1.11. The van der Waals surface area contributed by atoms with E-state index in [1.165, 1.54) is 7.11 Å². The summed E-state index contributed by atoms with van der Waals surface area (Å²) in [7, 11) is 1.54. The zero-order valence-corrected chi connectivity index (χ0v) is 9.08. The second kappa shape index (κ2) is 5.69. The van der Waals surface area contributed by atoms with Gasteiger partial charge in [0.2, 0.25) is 0 Å². The van der Waals surface area contributed by atoms with Gasteiger partial charge < -0.3 is 20.9 Å². The average molecular weight is 233 g/mol. The highest BCUT2D eigenvalue weighted by Crippen LogP contribution is 2.23. The third kappa shape index (κ3) is 3.19. The number of aromatic nitrogens is 2. The topological polar surface area (TPSA) is 93.3 Å². The van der Waals surface area contributed by atoms with E-state index < -0.39 is 0 Å². The molecule has 0 aromatic carbocycles. The summed E-state index contributed by atoms with van der Waals surface area (Å²) in [6.45, 7) is 0.596. The second-order valence-electron chi connectivity index (χ2n) is 2.78. The van der Waals surface area contributed by atoms with E-state index in [1.807, 2.05) is 0 Å². The summed E-state index contributed by atoms with van der Waals surface area (Å²) in [5, 5.41) is 11.7. The smallest absolute Gasteiger partial charge is 0.158 e. The SMILES string of the molecule is COCc1nc(Cl)c(N)c(NCCO)n1. The number of rotatable bonds is 5. The van der Waals surface area contributed by atoms with E-state index >= 15 is 0 Å². The monoisotopic (exact) mass is 232 g/mol. The first-order chi connectivity index (χ1) is 7.19. The van der Waals surface area contributed by atoms with Gasteiger partial charge in [0.1, 0.15) is 12.3 Å². The maximum Gasteiger partial charge on any atom is 0.158 e. The molecule has 0 amide bonds. The van der Waals surface area contributed by atoms with Crippen molar-refractivity contribution in [3.8, 4) is 0 Å². The van der Waals surface area contributed by atoms with Crippen molar-refractivity contribution in [2.45, 2.75) is 6.61 Å². The zero-order valence-electron chi connectivity index (χ0n) is 8.33. The summed E-state index contributed by atoms with van der Waals surface area (Å²) in [6.07, 6.45) is 0. The van der Waals surface area contributed by atoms with Gasteiger partial charge >= 0.3 is 0 Å². The molecule has 0 aliphatic heterocycles. The fourth-order valence-corrected chi connectivity index (χ4v) is 1.18. The molecule has 0 radical (unpaired) electrons. The predicted octanol–water partition coefficient (Wildman–Crippen LogP) is 0.263. The number of aliphatic hydroxyl groups is 1. The number of hydrogen-bond donors (Lipinski definition) is 3. The first-order valence-electron chi connectivity index (χ1n) is 4.34. The Morgan fingerprint density at radius 3 is 2.87 bits per heavy atom. The van der Waals surface area contributed by atoms with Crippen LogP contribution in [0.1, 0.15) is 5.82 Å². The molecule has 0 bridgehead atoms. The minimum atomic E-state index is -0.0132. The first kappa shape index (κ1) is 12.0. The number of anilines is 2. The number of nitrogens with zero attached hydrogens (tertiary/aromatic N) is 2. The molecule has 0 atom stereocenters. The van der Waals surface area contributed by atoms with Gasteiger partial charge in [0.05, 0.1) is 6.61 Å². The highest BCUT2D eigenvalue weighted by atomic mass is 35.5. The number of halogens is 1. The summed E-state index contributed by atoms with van der Waals surface area (Å²) in [4.78, 5) is 8.03. The highest BCUT2D eigenvalue weighted by Gasteiger charge is 2.09. The number of methoxy groups -OCH3 is 1. The number of nitrogens with one attached hydrogen (secondary N) is 1. The Morgan fingerprint density at radius 1 is 1.53 bits per heavy atom. The molecule has 1 aromatic heterocycles. The molecule has 0 unspecified atom stereocenters. The lowest BCUT2D eigenvalue weighted by molar-refractivity contribution is 0.178. The Kier molecular flexibility index (Phi) is 4.54. The van der Waals surface area contributed by atoms with E-state index in [-0.39, 0.29) is 24.1 Å². The van der Waals surface area contributed by atoms with Crippen molar-refractivity contribution in [1.29, 1.82) is 0 Å². The van der Waals surface area contributed by atoms with E-state index in [0.29, 0.717) is 18.2 Å². The van der Waals surface area contributed by atoms with Crippen LogP contribution in [0, 0.1) is 0 Å². The Morgan fingerprint density at radius 2 is 2.27 bits per heavy atom. The molecular weight excluding hydrogens is 220 g/mol. The van der Waals surface area contributed by atoms with Gasteiger partial charge in [0.15, 0.2) is 16.8 Å². The molecule has 1 rings (SSSR count). The van der Waals surface area contributed by atoms with Gasteiger partial charge in [-0.05, 0) is 0 Å². The quantitative estimate of drug-likeness (QED) is 0.631. The summed E-state index contributed by atoms with van der Waals surface area (Å²) in [5.74, 6) is 0.855. The molecular formula is C8H13ClN4O2. The van der Waals surface area contributed by atoms with Crippen molar-refractivity contribution in [2.24, 2.45) is 0 Å². The van der Waals surface area contributed by atoms with Crippen molar-refractivity contribution < 1.29 is 9.84 Å². The van der Waals surface area contributed by atoms with Crippen LogP contribution in [0.5, 0.6) is 0 Å². The number of aliphatic hydroxyl groups excluding tert-OH is 1. The molecule has 0 saturated carbocycles. The minimum absolute atomic E-state index is 0.0132. The lowest BCUT2D eigenvalue weighted by atomic mass is 10.4.